The largest absolute Gasteiger partial charge is 0.476 e. The van der Waals surface area contributed by atoms with Gasteiger partial charge in [-0.25, -0.2) is 4.98 Å². The zero-order chi connectivity index (χ0) is 11.7. The van der Waals surface area contributed by atoms with Gasteiger partial charge in [0.15, 0.2) is 0 Å². The SMILES string of the molecule is CCOc1nc2sccc2nc1C1=CCCS1. The summed E-state index contributed by atoms with van der Waals surface area (Å²) in [5, 5.41) is 2.01. The van der Waals surface area contributed by atoms with E-state index in [0.29, 0.717) is 12.5 Å². The summed E-state index contributed by atoms with van der Waals surface area (Å²) in [6.07, 6.45) is 3.32. The van der Waals surface area contributed by atoms with Crippen molar-refractivity contribution in [2.24, 2.45) is 0 Å². The van der Waals surface area contributed by atoms with Crippen molar-refractivity contribution < 1.29 is 4.74 Å². The Kier molecular flexibility index (Phi) is 3.03. The van der Waals surface area contributed by atoms with E-state index in [0.717, 1.165) is 28.2 Å². The molecule has 0 saturated carbocycles. The van der Waals surface area contributed by atoms with Crippen molar-refractivity contribution in [1.29, 1.82) is 0 Å². The first-order valence-electron chi connectivity index (χ1n) is 5.60. The van der Waals surface area contributed by atoms with Crippen LogP contribution in [0.15, 0.2) is 17.5 Å². The number of ether oxygens (including phenoxy) is 1. The van der Waals surface area contributed by atoms with Crippen LogP contribution >= 0.6 is 23.1 Å². The molecule has 0 N–H and O–H groups in total. The molecule has 0 radical (unpaired) electrons. The molecule has 0 spiro atoms. The lowest BCUT2D eigenvalue weighted by molar-refractivity contribution is 0.326. The van der Waals surface area contributed by atoms with Gasteiger partial charge >= 0.3 is 0 Å². The number of hydrogen-bond donors (Lipinski definition) is 0. The number of nitrogens with zero attached hydrogens (tertiary/aromatic N) is 2. The van der Waals surface area contributed by atoms with Crippen LogP contribution in [0.1, 0.15) is 19.0 Å². The molecule has 1 aliphatic rings. The van der Waals surface area contributed by atoms with Gasteiger partial charge in [-0.3, -0.25) is 0 Å². The Labute approximate surface area is 108 Å². The number of allylic oxidation sites excluding steroid dienone is 1. The highest BCUT2D eigenvalue weighted by Crippen LogP contribution is 2.37. The maximum atomic E-state index is 5.61. The third kappa shape index (κ3) is 2.05. The van der Waals surface area contributed by atoms with Crippen LogP contribution in [0.25, 0.3) is 15.3 Å². The van der Waals surface area contributed by atoms with E-state index in [4.69, 9.17) is 4.74 Å². The summed E-state index contributed by atoms with van der Waals surface area (Å²) in [6, 6.07) is 2.01. The van der Waals surface area contributed by atoms with Crippen molar-refractivity contribution in [3.63, 3.8) is 0 Å². The molecule has 17 heavy (non-hydrogen) atoms. The number of hydrogen-bond acceptors (Lipinski definition) is 5. The van der Waals surface area contributed by atoms with Crippen LogP contribution in [0.3, 0.4) is 0 Å². The van der Waals surface area contributed by atoms with Gasteiger partial charge in [0.05, 0.1) is 6.61 Å². The molecule has 0 saturated heterocycles. The molecule has 1 aliphatic heterocycles. The Balaban J connectivity index is 2.14. The molecule has 3 nitrogen and oxygen atoms in total. The second-order valence-electron chi connectivity index (χ2n) is 3.63. The fourth-order valence-electron chi connectivity index (χ4n) is 1.76. The van der Waals surface area contributed by atoms with E-state index >= 15 is 0 Å². The van der Waals surface area contributed by atoms with E-state index in [9.17, 15) is 0 Å². The lowest BCUT2D eigenvalue weighted by Gasteiger charge is -2.08. The van der Waals surface area contributed by atoms with Crippen LogP contribution in [0.5, 0.6) is 5.88 Å². The first-order valence-corrected chi connectivity index (χ1v) is 7.46. The summed E-state index contributed by atoms with van der Waals surface area (Å²) >= 11 is 3.43. The molecule has 2 aromatic heterocycles. The third-order valence-corrected chi connectivity index (χ3v) is 4.39. The molecule has 0 aromatic carbocycles. The number of thioether (sulfide) groups is 1. The van der Waals surface area contributed by atoms with Crippen molar-refractivity contribution in [3.05, 3.63) is 23.2 Å². The topological polar surface area (TPSA) is 35.0 Å². The fraction of sp³-hybridized carbons (Fsp3) is 0.333. The number of rotatable bonds is 3. The van der Waals surface area contributed by atoms with Crippen LogP contribution in [-0.4, -0.2) is 22.3 Å². The average molecular weight is 264 g/mol. The third-order valence-electron chi connectivity index (χ3n) is 2.48. The predicted octanol–water partition coefficient (Wildman–Crippen LogP) is 3.57. The van der Waals surface area contributed by atoms with Crippen molar-refractivity contribution >= 4 is 38.4 Å². The van der Waals surface area contributed by atoms with Gasteiger partial charge in [-0.15, -0.1) is 23.1 Å². The lowest BCUT2D eigenvalue weighted by Crippen LogP contribution is -2.00. The predicted molar refractivity (Wildman–Crippen MR) is 73.6 cm³/mol. The van der Waals surface area contributed by atoms with Crippen molar-refractivity contribution in [2.75, 3.05) is 12.4 Å². The monoisotopic (exact) mass is 264 g/mol. The maximum absolute atomic E-state index is 5.61. The van der Waals surface area contributed by atoms with Gasteiger partial charge in [-0.05, 0) is 24.8 Å². The van der Waals surface area contributed by atoms with E-state index in [1.54, 1.807) is 11.3 Å². The smallest absolute Gasteiger partial charge is 0.242 e. The highest BCUT2D eigenvalue weighted by Gasteiger charge is 2.17. The quantitative estimate of drug-likeness (QED) is 0.849. The molecule has 5 heteroatoms. The van der Waals surface area contributed by atoms with Gasteiger partial charge in [0.25, 0.3) is 0 Å². The summed E-state index contributed by atoms with van der Waals surface area (Å²) in [7, 11) is 0. The standard InChI is InChI=1S/C12H12N2OS2/c1-2-15-11-10(9-4-3-6-16-9)13-8-5-7-17-12(8)14-11/h4-5,7H,2-3,6H2,1H3. The zero-order valence-corrected chi connectivity index (χ0v) is 11.1. The second kappa shape index (κ2) is 4.66. The van der Waals surface area contributed by atoms with Gasteiger partial charge < -0.3 is 4.74 Å². The van der Waals surface area contributed by atoms with E-state index in [1.165, 1.54) is 4.91 Å². The Hall–Kier alpha value is -1.07. The molecule has 88 valence electrons. The molecule has 0 bridgehead atoms. The first kappa shape index (κ1) is 11.0. The molecule has 3 heterocycles. The first-order chi connectivity index (χ1) is 8.38. The molecule has 0 aliphatic carbocycles. The van der Waals surface area contributed by atoms with Crippen molar-refractivity contribution in [1.82, 2.24) is 9.97 Å². The molecular formula is C12H12N2OS2. The molecule has 3 rings (SSSR count). The highest BCUT2D eigenvalue weighted by molar-refractivity contribution is 8.08. The molecule has 0 unspecified atom stereocenters. The van der Waals surface area contributed by atoms with Crippen LogP contribution in [-0.2, 0) is 0 Å². The molecule has 0 amide bonds. The summed E-state index contributed by atoms with van der Waals surface area (Å²) in [5.74, 6) is 1.80. The minimum absolute atomic E-state index is 0.622. The van der Waals surface area contributed by atoms with Gasteiger partial charge in [0.1, 0.15) is 16.0 Å². The number of aromatic nitrogens is 2. The van der Waals surface area contributed by atoms with Crippen LogP contribution < -0.4 is 4.74 Å². The van der Waals surface area contributed by atoms with Crippen molar-refractivity contribution in [2.45, 2.75) is 13.3 Å². The second-order valence-corrected chi connectivity index (χ2v) is 5.66. The number of fused-ring (bicyclic) bond motifs is 1. The zero-order valence-electron chi connectivity index (χ0n) is 9.47. The van der Waals surface area contributed by atoms with Gasteiger partial charge in [-0.2, -0.15) is 4.98 Å². The molecule has 2 aromatic rings. The van der Waals surface area contributed by atoms with E-state index in [-0.39, 0.29) is 0 Å². The van der Waals surface area contributed by atoms with Crippen LogP contribution in [0.2, 0.25) is 0 Å². The van der Waals surface area contributed by atoms with Crippen molar-refractivity contribution in [3.8, 4) is 5.88 Å². The van der Waals surface area contributed by atoms with E-state index in [2.05, 4.69) is 16.0 Å². The normalized spacial score (nSPS) is 15.2. The van der Waals surface area contributed by atoms with E-state index < -0.39 is 0 Å². The summed E-state index contributed by atoms with van der Waals surface area (Å²) in [5.41, 5.74) is 1.86. The minimum atomic E-state index is 0.622. The maximum Gasteiger partial charge on any atom is 0.242 e. The summed E-state index contributed by atoms with van der Waals surface area (Å²) in [4.78, 5) is 11.4. The fourth-order valence-corrected chi connectivity index (χ4v) is 3.41. The Morgan fingerprint density at radius 3 is 3.12 bits per heavy atom. The summed E-state index contributed by atoms with van der Waals surface area (Å²) < 4.78 is 5.61. The Bertz CT molecular complexity index is 577. The highest BCUT2D eigenvalue weighted by atomic mass is 32.2. The van der Waals surface area contributed by atoms with E-state index in [1.807, 2.05) is 30.1 Å². The van der Waals surface area contributed by atoms with Crippen LogP contribution in [0.4, 0.5) is 0 Å². The van der Waals surface area contributed by atoms with Gasteiger partial charge in [0.2, 0.25) is 5.88 Å². The minimum Gasteiger partial charge on any atom is -0.476 e. The summed E-state index contributed by atoms with van der Waals surface area (Å²) in [6.45, 7) is 2.59. The Morgan fingerprint density at radius 2 is 2.35 bits per heavy atom. The molecule has 0 fully saturated rings. The lowest BCUT2D eigenvalue weighted by atomic mass is 10.3. The number of thiophene rings is 1. The average Bonchev–Trinajstić information content (AvgIpc) is 2.98. The van der Waals surface area contributed by atoms with Gasteiger partial charge in [0, 0.05) is 10.7 Å². The molecular weight excluding hydrogens is 252 g/mol. The van der Waals surface area contributed by atoms with Gasteiger partial charge in [-0.1, -0.05) is 6.08 Å². The molecule has 0 atom stereocenters. The Morgan fingerprint density at radius 1 is 1.41 bits per heavy atom. The van der Waals surface area contributed by atoms with Crippen LogP contribution in [0, 0.1) is 0 Å².